The van der Waals surface area contributed by atoms with Crippen LogP contribution in [0.15, 0.2) is 12.9 Å². The molecule has 1 aromatic rings. The second-order valence-electron chi connectivity index (χ2n) is 2.21. The summed E-state index contributed by atoms with van der Waals surface area (Å²) in [6.45, 7) is 8.75. The van der Waals surface area contributed by atoms with Crippen LogP contribution in [-0.4, -0.2) is 9.55 Å². The van der Waals surface area contributed by atoms with E-state index in [0.29, 0.717) is 0 Å². The second kappa shape index (κ2) is 2.69. The third-order valence-electron chi connectivity index (χ3n) is 1.60. The van der Waals surface area contributed by atoms with E-state index in [2.05, 4.69) is 23.1 Å². The van der Waals surface area contributed by atoms with Crippen molar-refractivity contribution in [2.45, 2.75) is 20.4 Å². The van der Waals surface area contributed by atoms with Crippen LogP contribution in [-0.2, 0) is 6.54 Å². The molecule has 0 fully saturated rings. The average molecular weight is 136 g/mol. The lowest BCUT2D eigenvalue weighted by Gasteiger charge is -1.98. The molecule has 2 nitrogen and oxygen atoms in total. The Morgan fingerprint density at radius 2 is 2.50 bits per heavy atom. The molecular formula is C8H12N2. The van der Waals surface area contributed by atoms with Crippen molar-refractivity contribution >= 4 is 6.08 Å². The Hall–Kier alpha value is -1.05. The van der Waals surface area contributed by atoms with Crippen molar-refractivity contribution in [2.24, 2.45) is 0 Å². The van der Waals surface area contributed by atoms with E-state index >= 15 is 0 Å². The van der Waals surface area contributed by atoms with Gasteiger partial charge in [-0.05, 0) is 19.9 Å². The lowest BCUT2D eigenvalue weighted by molar-refractivity contribution is 0.754. The minimum Gasteiger partial charge on any atom is -0.331 e. The highest BCUT2D eigenvalue weighted by Crippen LogP contribution is 2.06. The van der Waals surface area contributed by atoms with Gasteiger partial charge >= 0.3 is 0 Å². The maximum Gasteiger partial charge on any atom is 0.0953 e. The molecular weight excluding hydrogens is 124 g/mol. The maximum atomic E-state index is 4.15. The van der Waals surface area contributed by atoms with Gasteiger partial charge < -0.3 is 4.57 Å². The van der Waals surface area contributed by atoms with Crippen LogP contribution in [0.1, 0.15) is 18.3 Å². The van der Waals surface area contributed by atoms with E-state index in [4.69, 9.17) is 0 Å². The standard InChI is InChI=1S/C8H12N2/c1-4-8-7(3)9-6-10(8)5-2/h4,6H,1,5H2,2-3H3. The quantitative estimate of drug-likeness (QED) is 0.606. The molecule has 0 aliphatic carbocycles. The van der Waals surface area contributed by atoms with Crippen molar-refractivity contribution in [1.82, 2.24) is 9.55 Å². The number of imidazole rings is 1. The van der Waals surface area contributed by atoms with Crippen LogP contribution in [0.5, 0.6) is 0 Å². The zero-order chi connectivity index (χ0) is 7.56. The molecule has 10 heavy (non-hydrogen) atoms. The van der Waals surface area contributed by atoms with Gasteiger partial charge in [0.05, 0.1) is 17.7 Å². The number of hydrogen-bond acceptors (Lipinski definition) is 1. The van der Waals surface area contributed by atoms with Gasteiger partial charge in [-0.15, -0.1) is 0 Å². The first-order chi connectivity index (χ1) is 4.79. The first-order valence-corrected chi connectivity index (χ1v) is 3.43. The maximum absolute atomic E-state index is 4.15. The summed E-state index contributed by atoms with van der Waals surface area (Å²) in [6.07, 6.45) is 3.68. The van der Waals surface area contributed by atoms with E-state index in [1.54, 1.807) is 0 Å². The van der Waals surface area contributed by atoms with Gasteiger partial charge in [0.2, 0.25) is 0 Å². The Balaban J connectivity index is 3.12. The van der Waals surface area contributed by atoms with Crippen molar-refractivity contribution in [2.75, 3.05) is 0 Å². The fourth-order valence-electron chi connectivity index (χ4n) is 1.01. The Morgan fingerprint density at radius 1 is 1.80 bits per heavy atom. The molecule has 0 aliphatic heterocycles. The highest BCUT2D eigenvalue weighted by molar-refractivity contribution is 5.44. The average Bonchev–Trinajstić information content (AvgIpc) is 2.30. The molecule has 0 aliphatic rings. The molecule has 1 heterocycles. The minimum absolute atomic E-state index is 0.961. The molecule has 0 atom stereocenters. The minimum atomic E-state index is 0.961. The highest BCUT2D eigenvalue weighted by atomic mass is 15.0. The van der Waals surface area contributed by atoms with Crippen LogP contribution < -0.4 is 0 Å². The van der Waals surface area contributed by atoms with Crippen molar-refractivity contribution in [1.29, 1.82) is 0 Å². The molecule has 0 aromatic carbocycles. The lowest BCUT2D eigenvalue weighted by Crippen LogP contribution is -1.94. The lowest BCUT2D eigenvalue weighted by atomic mass is 10.3. The molecule has 0 radical (unpaired) electrons. The first kappa shape index (κ1) is 7.06. The highest BCUT2D eigenvalue weighted by Gasteiger charge is 1.99. The Bertz CT molecular complexity index is 235. The van der Waals surface area contributed by atoms with Gasteiger partial charge in [-0.1, -0.05) is 6.58 Å². The predicted molar refractivity (Wildman–Crippen MR) is 42.7 cm³/mol. The number of rotatable bonds is 2. The summed E-state index contributed by atoms with van der Waals surface area (Å²) in [5, 5.41) is 0. The van der Waals surface area contributed by atoms with Crippen LogP contribution in [0.2, 0.25) is 0 Å². The molecule has 0 unspecified atom stereocenters. The summed E-state index contributed by atoms with van der Waals surface area (Å²) in [5.74, 6) is 0. The monoisotopic (exact) mass is 136 g/mol. The van der Waals surface area contributed by atoms with Gasteiger partial charge in [0.25, 0.3) is 0 Å². The van der Waals surface area contributed by atoms with Crippen molar-refractivity contribution < 1.29 is 0 Å². The molecule has 0 N–H and O–H groups in total. The molecule has 0 bridgehead atoms. The summed E-state index contributed by atoms with van der Waals surface area (Å²) in [7, 11) is 0. The zero-order valence-corrected chi connectivity index (χ0v) is 6.46. The number of aryl methyl sites for hydroxylation is 2. The topological polar surface area (TPSA) is 17.8 Å². The Labute approximate surface area is 61.2 Å². The fraction of sp³-hybridized carbons (Fsp3) is 0.375. The van der Waals surface area contributed by atoms with E-state index in [0.717, 1.165) is 17.9 Å². The summed E-state index contributed by atoms with van der Waals surface area (Å²) in [4.78, 5) is 4.15. The third-order valence-corrected chi connectivity index (χ3v) is 1.60. The summed E-state index contributed by atoms with van der Waals surface area (Å²) in [5.41, 5.74) is 2.18. The number of hydrogen-bond donors (Lipinski definition) is 0. The zero-order valence-electron chi connectivity index (χ0n) is 6.46. The van der Waals surface area contributed by atoms with Crippen LogP contribution in [0.3, 0.4) is 0 Å². The van der Waals surface area contributed by atoms with Crippen molar-refractivity contribution in [3.63, 3.8) is 0 Å². The third kappa shape index (κ3) is 0.967. The van der Waals surface area contributed by atoms with Gasteiger partial charge in [0, 0.05) is 6.54 Å². The van der Waals surface area contributed by atoms with Gasteiger partial charge in [-0.3, -0.25) is 0 Å². The normalized spacial score (nSPS) is 9.80. The Kier molecular flexibility index (Phi) is 1.90. The van der Waals surface area contributed by atoms with Gasteiger partial charge in [0.15, 0.2) is 0 Å². The van der Waals surface area contributed by atoms with E-state index in [-0.39, 0.29) is 0 Å². The van der Waals surface area contributed by atoms with Gasteiger partial charge in [-0.2, -0.15) is 0 Å². The number of aromatic nitrogens is 2. The fourth-order valence-corrected chi connectivity index (χ4v) is 1.01. The molecule has 0 saturated heterocycles. The first-order valence-electron chi connectivity index (χ1n) is 3.43. The van der Waals surface area contributed by atoms with Crippen LogP contribution in [0, 0.1) is 6.92 Å². The van der Waals surface area contributed by atoms with E-state index in [1.807, 2.05) is 19.3 Å². The summed E-state index contributed by atoms with van der Waals surface area (Å²) >= 11 is 0. The van der Waals surface area contributed by atoms with E-state index < -0.39 is 0 Å². The predicted octanol–water partition coefficient (Wildman–Crippen LogP) is 1.85. The van der Waals surface area contributed by atoms with E-state index in [9.17, 15) is 0 Å². The molecule has 1 rings (SSSR count). The molecule has 0 spiro atoms. The molecule has 2 heteroatoms. The summed E-state index contributed by atoms with van der Waals surface area (Å²) in [6, 6.07) is 0. The largest absolute Gasteiger partial charge is 0.331 e. The molecule has 0 saturated carbocycles. The van der Waals surface area contributed by atoms with Crippen LogP contribution >= 0.6 is 0 Å². The van der Waals surface area contributed by atoms with Gasteiger partial charge in [0.1, 0.15) is 0 Å². The molecule has 1 aromatic heterocycles. The molecule has 54 valence electrons. The SMILES string of the molecule is C=Cc1c(C)ncn1CC. The van der Waals surface area contributed by atoms with Crippen molar-refractivity contribution in [3.05, 3.63) is 24.3 Å². The van der Waals surface area contributed by atoms with Crippen molar-refractivity contribution in [3.8, 4) is 0 Å². The Morgan fingerprint density at radius 3 is 2.90 bits per heavy atom. The smallest absolute Gasteiger partial charge is 0.0953 e. The second-order valence-corrected chi connectivity index (χ2v) is 2.21. The van der Waals surface area contributed by atoms with Crippen LogP contribution in [0.4, 0.5) is 0 Å². The van der Waals surface area contributed by atoms with Gasteiger partial charge in [-0.25, -0.2) is 4.98 Å². The van der Waals surface area contributed by atoms with E-state index in [1.165, 1.54) is 0 Å². The number of nitrogens with zero attached hydrogens (tertiary/aromatic N) is 2. The molecule has 0 amide bonds. The van der Waals surface area contributed by atoms with Crippen LogP contribution in [0.25, 0.3) is 6.08 Å². The summed E-state index contributed by atoms with van der Waals surface area (Å²) < 4.78 is 2.07.